The van der Waals surface area contributed by atoms with Crippen LogP contribution in [0.4, 0.5) is 0 Å². The Bertz CT molecular complexity index is 1280. The Labute approximate surface area is 186 Å². The van der Waals surface area contributed by atoms with Gasteiger partial charge in [-0.05, 0) is 43.3 Å². The molecule has 5 nitrogen and oxygen atoms in total. The lowest BCUT2D eigenvalue weighted by atomic mass is 10.1. The Balaban J connectivity index is 1.73. The zero-order chi connectivity index (χ0) is 22.0. The van der Waals surface area contributed by atoms with E-state index in [-0.39, 0.29) is 4.90 Å². The number of ether oxygens (including phenoxy) is 1. The molecule has 1 atom stereocenters. The van der Waals surface area contributed by atoms with Crippen molar-refractivity contribution in [3.05, 3.63) is 89.8 Å². The molecular formula is C24H20ClNO4S. The van der Waals surface area contributed by atoms with Gasteiger partial charge in [-0.1, -0.05) is 54.1 Å². The molecule has 0 aliphatic rings. The van der Waals surface area contributed by atoms with Crippen molar-refractivity contribution in [2.45, 2.75) is 17.9 Å². The third-order valence-corrected chi connectivity index (χ3v) is 6.09. The largest absolute Gasteiger partial charge is 0.481 e. The van der Waals surface area contributed by atoms with Gasteiger partial charge in [0, 0.05) is 22.4 Å². The number of rotatable bonds is 6. The predicted octanol–water partition coefficient (Wildman–Crippen LogP) is 6.21. The highest BCUT2D eigenvalue weighted by atomic mass is 35.5. The summed E-state index contributed by atoms with van der Waals surface area (Å²) in [7, 11) is -3.28. The molecule has 0 aliphatic heterocycles. The Kier molecular flexibility index (Phi) is 5.85. The lowest BCUT2D eigenvalue weighted by Crippen LogP contribution is -2.03. The highest BCUT2D eigenvalue weighted by Crippen LogP contribution is 2.35. The van der Waals surface area contributed by atoms with Gasteiger partial charge in [-0.2, -0.15) is 0 Å². The topological polar surface area (TPSA) is 69.4 Å². The molecule has 0 bridgehead atoms. The van der Waals surface area contributed by atoms with Crippen LogP contribution < -0.4 is 4.74 Å². The van der Waals surface area contributed by atoms with Gasteiger partial charge in [0.05, 0.1) is 4.90 Å². The molecule has 1 unspecified atom stereocenters. The van der Waals surface area contributed by atoms with E-state index in [2.05, 4.69) is 0 Å². The number of benzene rings is 3. The van der Waals surface area contributed by atoms with Crippen molar-refractivity contribution in [3.63, 3.8) is 0 Å². The van der Waals surface area contributed by atoms with E-state index in [0.717, 1.165) is 11.1 Å². The molecule has 0 saturated heterocycles. The number of aromatic nitrogens is 1. The molecule has 1 aromatic heterocycles. The van der Waals surface area contributed by atoms with Crippen molar-refractivity contribution < 1.29 is 17.6 Å². The highest BCUT2D eigenvalue weighted by molar-refractivity contribution is 7.90. The molecule has 0 N–H and O–H groups in total. The summed E-state index contributed by atoms with van der Waals surface area (Å²) in [6.07, 6.45) is 0.731. The molecule has 0 fully saturated rings. The van der Waals surface area contributed by atoms with Crippen molar-refractivity contribution in [2.24, 2.45) is 0 Å². The molecule has 7 heteroatoms. The maximum atomic E-state index is 11.8. The monoisotopic (exact) mass is 453 g/mol. The van der Waals surface area contributed by atoms with E-state index >= 15 is 0 Å². The lowest BCUT2D eigenvalue weighted by Gasteiger charge is -2.11. The SMILES string of the molecule is CC(Oc1ccc(Cl)cc1)c1nc(-c2ccc(S(C)(=O)=O)cc2)c(-c2ccccc2)o1. The van der Waals surface area contributed by atoms with E-state index in [9.17, 15) is 8.42 Å². The van der Waals surface area contributed by atoms with Gasteiger partial charge in [-0.3, -0.25) is 0 Å². The first-order valence-corrected chi connectivity index (χ1v) is 11.9. The molecule has 0 amide bonds. The second kappa shape index (κ2) is 8.57. The molecule has 31 heavy (non-hydrogen) atoms. The van der Waals surface area contributed by atoms with Crippen molar-refractivity contribution in [2.75, 3.05) is 6.26 Å². The molecule has 0 aliphatic carbocycles. The molecule has 4 aromatic rings. The lowest BCUT2D eigenvalue weighted by molar-refractivity contribution is 0.190. The first-order valence-electron chi connectivity index (χ1n) is 9.60. The molecule has 158 valence electrons. The standard InChI is InChI=1S/C24H20ClNO4S/c1-16(29-20-12-10-19(25)11-13-20)24-26-22(23(30-24)18-6-4-3-5-7-18)17-8-14-21(15-9-17)31(2,27)28/h3-16H,1-2H3. The third-order valence-electron chi connectivity index (χ3n) is 4.71. The zero-order valence-electron chi connectivity index (χ0n) is 16.9. The number of hydrogen-bond donors (Lipinski definition) is 0. The van der Waals surface area contributed by atoms with E-state index in [0.29, 0.717) is 28.1 Å². The van der Waals surface area contributed by atoms with Gasteiger partial charge < -0.3 is 9.15 Å². The second-order valence-electron chi connectivity index (χ2n) is 7.11. The summed E-state index contributed by atoms with van der Waals surface area (Å²) >= 11 is 5.94. The second-order valence-corrected chi connectivity index (χ2v) is 9.56. The number of hydrogen-bond acceptors (Lipinski definition) is 5. The summed E-state index contributed by atoms with van der Waals surface area (Å²) in [6, 6.07) is 23.3. The van der Waals surface area contributed by atoms with Crippen molar-refractivity contribution in [1.82, 2.24) is 4.98 Å². The molecule has 0 saturated carbocycles. The molecule has 0 radical (unpaired) electrons. The molecule has 4 rings (SSSR count). The number of nitrogens with zero attached hydrogens (tertiary/aromatic N) is 1. The van der Waals surface area contributed by atoms with Crippen LogP contribution in [-0.4, -0.2) is 19.7 Å². The van der Waals surface area contributed by atoms with Gasteiger partial charge in [-0.15, -0.1) is 0 Å². The van der Waals surface area contributed by atoms with Crippen LogP contribution in [-0.2, 0) is 9.84 Å². The normalized spacial score (nSPS) is 12.5. The Morgan fingerprint density at radius 1 is 0.903 bits per heavy atom. The first kappa shape index (κ1) is 21.2. The van der Waals surface area contributed by atoms with Gasteiger partial charge >= 0.3 is 0 Å². The fourth-order valence-corrected chi connectivity index (χ4v) is 3.88. The minimum atomic E-state index is -3.28. The average Bonchev–Trinajstić information content (AvgIpc) is 3.21. The van der Waals surface area contributed by atoms with Crippen LogP contribution in [0.5, 0.6) is 5.75 Å². The Morgan fingerprint density at radius 3 is 2.16 bits per heavy atom. The summed E-state index contributed by atoms with van der Waals surface area (Å²) in [5.41, 5.74) is 2.23. The van der Waals surface area contributed by atoms with Gasteiger partial charge in [0.2, 0.25) is 5.89 Å². The fourth-order valence-electron chi connectivity index (χ4n) is 3.12. The summed E-state index contributed by atoms with van der Waals surface area (Å²) in [6.45, 7) is 1.85. The van der Waals surface area contributed by atoms with Crippen LogP contribution >= 0.6 is 11.6 Å². The van der Waals surface area contributed by atoms with E-state index in [4.69, 9.17) is 25.7 Å². The first-order chi connectivity index (χ1) is 14.8. The van der Waals surface area contributed by atoms with Crippen molar-refractivity contribution >= 4 is 21.4 Å². The number of sulfone groups is 1. The van der Waals surface area contributed by atoms with Crippen LogP contribution in [0.2, 0.25) is 5.02 Å². The van der Waals surface area contributed by atoms with Gasteiger partial charge in [0.25, 0.3) is 0 Å². The minimum absolute atomic E-state index is 0.251. The third kappa shape index (κ3) is 4.81. The van der Waals surface area contributed by atoms with E-state index in [1.807, 2.05) is 37.3 Å². The van der Waals surface area contributed by atoms with Crippen molar-refractivity contribution in [3.8, 4) is 28.3 Å². The van der Waals surface area contributed by atoms with Crippen LogP contribution in [0.25, 0.3) is 22.6 Å². The molecule has 3 aromatic carbocycles. The van der Waals surface area contributed by atoms with Crippen LogP contribution in [0.15, 0.2) is 88.2 Å². The smallest absolute Gasteiger partial charge is 0.236 e. The van der Waals surface area contributed by atoms with Crippen LogP contribution in [0.3, 0.4) is 0 Å². The van der Waals surface area contributed by atoms with Gasteiger partial charge in [0.15, 0.2) is 21.7 Å². The van der Waals surface area contributed by atoms with E-state index < -0.39 is 15.9 Å². The maximum Gasteiger partial charge on any atom is 0.236 e. The molecular weight excluding hydrogens is 434 g/mol. The highest BCUT2D eigenvalue weighted by Gasteiger charge is 2.22. The van der Waals surface area contributed by atoms with Crippen LogP contribution in [0.1, 0.15) is 18.9 Å². The van der Waals surface area contributed by atoms with Crippen LogP contribution in [0, 0.1) is 0 Å². The quantitative estimate of drug-likeness (QED) is 0.347. The zero-order valence-corrected chi connectivity index (χ0v) is 18.5. The summed E-state index contributed by atoms with van der Waals surface area (Å²) in [5.74, 6) is 1.65. The van der Waals surface area contributed by atoms with E-state index in [1.165, 1.54) is 6.26 Å². The fraction of sp³-hybridized carbons (Fsp3) is 0.125. The average molecular weight is 454 g/mol. The molecule has 1 heterocycles. The van der Waals surface area contributed by atoms with E-state index in [1.54, 1.807) is 48.5 Å². The Morgan fingerprint density at radius 2 is 1.55 bits per heavy atom. The summed E-state index contributed by atoms with van der Waals surface area (Å²) < 4.78 is 35.7. The minimum Gasteiger partial charge on any atom is -0.481 e. The predicted molar refractivity (Wildman–Crippen MR) is 121 cm³/mol. The number of halogens is 1. The Hall–Kier alpha value is -3.09. The summed E-state index contributed by atoms with van der Waals surface area (Å²) in [5, 5.41) is 0.627. The number of oxazole rings is 1. The van der Waals surface area contributed by atoms with Gasteiger partial charge in [0.1, 0.15) is 11.4 Å². The van der Waals surface area contributed by atoms with Crippen molar-refractivity contribution in [1.29, 1.82) is 0 Å². The van der Waals surface area contributed by atoms with Gasteiger partial charge in [-0.25, -0.2) is 13.4 Å². The maximum absolute atomic E-state index is 11.8. The summed E-state index contributed by atoms with van der Waals surface area (Å²) in [4.78, 5) is 4.95. The molecule has 0 spiro atoms.